The third kappa shape index (κ3) is 7.00. The number of rotatable bonds is 9. The van der Waals surface area contributed by atoms with Gasteiger partial charge in [0.25, 0.3) is 0 Å². The van der Waals surface area contributed by atoms with Crippen molar-refractivity contribution in [2.75, 3.05) is 19.0 Å². The van der Waals surface area contributed by atoms with Gasteiger partial charge in [-0.25, -0.2) is 14.4 Å². The van der Waals surface area contributed by atoms with Crippen LogP contribution in [0.3, 0.4) is 0 Å². The van der Waals surface area contributed by atoms with Crippen LogP contribution in [-0.4, -0.2) is 28.6 Å². The molecule has 0 bridgehead atoms. The number of fused-ring (bicyclic) bond motifs is 1. The first-order chi connectivity index (χ1) is 16.0. The van der Waals surface area contributed by atoms with Gasteiger partial charge in [-0.1, -0.05) is 27.7 Å². The van der Waals surface area contributed by atoms with E-state index in [-0.39, 0.29) is 5.82 Å². The lowest BCUT2D eigenvalue weighted by Crippen LogP contribution is -2.09. The predicted molar refractivity (Wildman–Crippen MR) is 133 cm³/mol. The van der Waals surface area contributed by atoms with E-state index in [4.69, 9.17) is 9.47 Å². The van der Waals surface area contributed by atoms with E-state index in [0.29, 0.717) is 29.3 Å². The first-order valence-electron chi connectivity index (χ1n) is 11.3. The minimum Gasteiger partial charge on any atom is -0.494 e. The average molecular weight is 453 g/mol. The molecule has 2 aromatic heterocycles. The fourth-order valence-corrected chi connectivity index (χ4v) is 3.21. The second kappa shape index (κ2) is 13.2. The number of hydrogen-bond acceptors (Lipinski definition) is 6. The van der Waals surface area contributed by atoms with Gasteiger partial charge in [-0.05, 0) is 56.2 Å². The molecule has 2 heterocycles. The molecule has 7 heteroatoms. The van der Waals surface area contributed by atoms with Crippen LogP contribution in [0.2, 0.25) is 0 Å². The minimum absolute atomic E-state index is 0.384. The second-order valence-electron chi connectivity index (χ2n) is 6.92. The number of halogens is 1. The van der Waals surface area contributed by atoms with E-state index >= 15 is 0 Å². The number of hydrogen-bond donors (Lipinski definition) is 1. The van der Waals surface area contributed by atoms with Gasteiger partial charge in [0.15, 0.2) is 0 Å². The summed E-state index contributed by atoms with van der Waals surface area (Å²) < 4.78 is 24.8. The number of aromatic nitrogens is 3. The maximum Gasteiger partial charge on any atom is 0.145 e. The molecule has 33 heavy (non-hydrogen) atoms. The summed E-state index contributed by atoms with van der Waals surface area (Å²) in [4.78, 5) is 13.0. The van der Waals surface area contributed by atoms with Gasteiger partial charge in [-0.15, -0.1) is 0 Å². The Kier molecular flexibility index (Phi) is 10.3. The lowest BCUT2D eigenvalue weighted by Gasteiger charge is -2.15. The minimum atomic E-state index is -0.384. The van der Waals surface area contributed by atoms with Crippen LogP contribution in [0.4, 0.5) is 10.2 Å². The smallest absolute Gasteiger partial charge is 0.145 e. The van der Waals surface area contributed by atoms with E-state index in [2.05, 4.69) is 34.1 Å². The predicted octanol–water partition coefficient (Wildman–Crippen LogP) is 6.90. The van der Waals surface area contributed by atoms with Crippen molar-refractivity contribution < 1.29 is 13.9 Å². The third-order valence-electron chi connectivity index (χ3n) is 4.59. The molecule has 1 N–H and O–H groups in total. The number of nitrogens with zero attached hydrogens (tertiary/aromatic N) is 3. The second-order valence-corrected chi connectivity index (χ2v) is 6.92. The average Bonchev–Trinajstić information content (AvgIpc) is 2.84. The molecule has 0 radical (unpaired) electrons. The summed E-state index contributed by atoms with van der Waals surface area (Å²) in [5.74, 6) is 2.54. The largest absolute Gasteiger partial charge is 0.494 e. The van der Waals surface area contributed by atoms with Gasteiger partial charge in [0.2, 0.25) is 0 Å². The Morgan fingerprint density at radius 1 is 1.06 bits per heavy atom. The zero-order valence-electron chi connectivity index (χ0n) is 20.3. The Bertz CT molecular complexity index is 1100. The normalized spacial score (nSPS) is 11.6. The van der Waals surface area contributed by atoms with Crippen molar-refractivity contribution >= 4 is 16.7 Å². The summed E-state index contributed by atoms with van der Waals surface area (Å²) in [7, 11) is 1.59. The summed E-state index contributed by atoms with van der Waals surface area (Å²) in [5, 5.41) is 4.13. The van der Waals surface area contributed by atoms with Crippen LogP contribution in [0.15, 0.2) is 60.5 Å². The summed E-state index contributed by atoms with van der Waals surface area (Å²) in [5.41, 5.74) is 2.09. The van der Waals surface area contributed by atoms with E-state index in [1.54, 1.807) is 13.2 Å². The lowest BCUT2D eigenvalue weighted by atomic mass is 10.1. The SMILES string of the molecule is CC.CC/C=C(/C)O/C(=C/CC)CNc1ncnc2c(OC)cc(-c3ccc(F)cn3)cc12. The Labute approximate surface area is 195 Å². The molecule has 0 amide bonds. The number of ether oxygens (including phenoxy) is 2. The van der Waals surface area contributed by atoms with Crippen molar-refractivity contribution in [3.63, 3.8) is 0 Å². The molecule has 0 aliphatic heterocycles. The molecule has 176 valence electrons. The summed E-state index contributed by atoms with van der Waals surface area (Å²) >= 11 is 0. The maximum absolute atomic E-state index is 13.3. The van der Waals surface area contributed by atoms with E-state index in [1.807, 2.05) is 45.1 Å². The van der Waals surface area contributed by atoms with Gasteiger partial charge >= 0.3 is 0 Å². The van der Waals surface area contributed by atoms with Crippen LogP contribution >= 0.6 is 0 Å². The Balaban J connectivity index is 0.00000187. The van der Waals surface area contributed by atoms with Crippen molar-refractivity contribution in [2.24, 2.45) is 0 Å². The molecule has 1 aromatic carbocycles. The molecule has 0 aliphatic rings. The van der Waals surface area contributed by atoms with E-state index in [0.717, 1.165) is 35.3 Å². The van der Waals surface area contributed by atoms with Gasteiger partial charge in [0.1, 0.15) is 35.0 Å². The standard InChI is InChI=1S/C24H27FN4O2.C2H6/c1-5-7-16(3)31-19(8-6-2)14-27-24-20-11-17(21-10-9-18(25)13-26-21)12-22(30-4)23(20)28-15-29-24;1-2/h7-13,15H,5-6,14H2,1-4H3,(H,27,28,29);1-2H3/b16-7-,19-8+;. The summed E-state index contributed by atoms with van der Waals surface area (Å²) in [6.07, 6.45) is 8.53. The Hall–Kier alpha value is -3.48. The van der Waals surface area contributed by atoms with Gasteiger partial charge in [-0.2, -0.15) is 0 Å². The molecule has 3 rings (SSSR count). The number of benzene rings is 1. The molecule has 0 aliphatic carbocycles. The van der Waals surface area contributed by atoms with Gasteiger partial charge in [0.05, 0.1) is 31.3 Å². The number of anilines is 1. The fourth-order valence-electron chi connectivity index (χ4n) is 3.21. The number of pyridine rings is 1. The highest BCUT2D eigenvalue weighted by Gasteiger charge is 2.13. The van der Waals surface area contributed by atoms with E-state index in [9.17, 15) is 4.39 Å². The van der Waals surface area contributed by atoms with Gasteiger partial charge in [-0.3, -0.25) is 4.98 Å². The third-order valence-corrected chi connectivity index (χ3v) is 4.59. The highest BCUT2D eigenvalue weighted by molar-refractivity contribution is 5.96. The molecule has 3 aromatic rings. The molecule has 0 fully saturated rings. The van der Waals surface area contributed by atoms with Crippen LogP contribution in [0.5, 0.6) is 5.75 Å². The summed E-state index contributed by atoms with van der Waals surface area (Å²) in [6, 6.07) is 6.77. The van der Waals surface area contributed by atoms with E-state index in [1.165, 1.54) is 18.6 Å². The van der Waals surface area contributed by atoms with Crippen molar-refractivity contribution in [3.05, 3.63) is 66.3 Å². The molecule has 0 saturated heterocycles. The first-order valence-corrected chi connectivity index (χ1v) is 11.3. The summed E-state index contributed by atoms with van der Waals surface area (Å²) in [6.45, 7) is 10.5. The van der Waals surface area contributed by atoms with Crippen molar-refractivity contribution in [1.82, 2.24) is 15.0 Å². The molecule has 0 saturated carbocycles. The highest BCUT2D eigenvalue weighted by Crippen LogP contribution is 2.33. The molecule has 0 unspecified atom stereocenters. The van der Waals surface area contributed by atoms with Crippen LogP contribution in [0, 0.1) is 5.82 Å². The number of nitrogens with one attached hydrogen (secondary N) is 1. The van der Waals surface area contributed by atoms with Crippen LogP contribution < -0.4 is 10.1 Å². The maximum atomic E-state index is 13.3. The number of methoxy groups -OCH3 is 1. The zero-order chi connectivity index (χ0) is 24.2. The Morgan fingerprint density at radius 3 is 2.45 bits per heavy atom. The topological polar surface area (TPSA) is 69.2 Å². The van der Waals surface area contributed by atoms with Crippen LogP contribution in [0.25, 0.3) is 22.2 Å². The molecular weight excluding hydrogens is 419 g/mol. The van der Waals surface area contributed by atoms with Crippen molar-refractivity contribution in [1.29, 1.82) is 0 Å². The first kappa shape index (κ1) is 25.8. The quantitative estimate of drug-likeness (QED) is 0.356. The molecule has 6 nitrogen and oxygen atoms in total. The highest BCUT2D eigenvalue weighted by atomic mass is 19.1. The van der Waals surface area contributed by atoms with Crippen LogP contribution in [0.1, 0.15) is 47.5 Å². The zero-order valence-corrected chi connectivity index (χ0v) is 20.3. The molecular formula is C26H33FN4O2. The van der Waals surface area contributed by atoms with Crippen molar-refractivity contribution in [3.8, 4) is 17.0 Å². The van der Waals surface area contributed by atoms with E-state index < -0.39 is 0 Å². The van der Waals surface area contributed by atoms with Crippen molar-refractivity contribution in [2.45, 2.75) is 47.5 Å². The number of allylic oxidation sites excluding steroid dienone is 3. The van der Waals surface area contributed by atoms with Gasteiger partial charge in [0, 0.05) is 10.9 Å². The molecule has 0 spiro atoms. The van der Waals surface area contributed by atoms with Crippen LogP contribution in [-0.2, 0) is 4.74 Å². The Morgan fingerprint density at radius 2 is 1.82 bits per heavy atom. The lowest BCUT2D eigenvalue weighted by molar-refractivity contribution is 0.301. The van der Waals surface area contributed by atoms with Gasteiger partial charge < -0.3 is 14.8 Å². The molecule has 0 atom stereocenters. The fraction of sp³-hybridized carbons (Fsp3) is 0.346. The monoisotopic (exact) mass is 452 g/mol.